The van der Waals surface area contributed by atoms with Gasteiger partial charge in [0.2, 0.25) is 0 Å². The molecule has 0 atom stereocenters. The molecule has 0 bridgehead atoms. The summed E-state index contributed by atoms with van der Waals surface area (Å²) in [5.41, 5.74) is 5.65. The van der Waals surface area contributed by atoms with Crippen molar-refractivity contribution in [2.45, 2.75) is 131 Å². The topological polar surface area (TPSA) is 63.1 Å². The van der Waals surface area contributed by atoms with Crippen LogP contribution in [0.1, 0.15) is 91.0 Å². The number of aliphatic hydroxyl groups excluding tert-OH is 1. The molecule has 0 saturated heterocycles. The van der Waals surface area contributed by atoms with Gasteiger partial charge in [0.05, 0.1) is 27.4 Å². The molecule has 1 saturated carbocycles. The van der Waals surface area contributed by atoms with Gasteiger partial charge in [-0.15, -0.1) is 40.1 Å². The number of aromatic nitrogens is 2. The molecule has 1 aliphatic carbocycles. The Morgan fingerprint density at radius 2 is 1.57 bits per heavy atom. The molecule has 1 aliphatic rings. The molecule has 2 aromatic heterocycles. The van der Waals surface area contributed by atoms with Gasteiger partial charge in [0.1, 0.15) is 6.33 Å². The van der Waals surface area contributed by atoms with Gasteiger partial charge < -0.3 is 5.11 Å². The van der Waals surface area contributed by atoms with Crippen LogP contribution < -0.4 is 9.69 Å². The maximum Gasteiger partial charge on any atom is 0.162 e. The standard InChI is InChI=1S/C28H35N2SSi2.C13H24O2.Ir/c1-19-25-27(31-28(19)33(5,6)22-13-8-7-9-14-22)26(30-18-29-25)21-16-20-12-10-11-15-23(20)24(17-21)32(2,3)4;1-5-10(6-2)12(14)9-13(15)11(7-3)8-4;/h10-12,15,17-18,22H,7-9,13-14H2,1-6H3;9-11,14H,5-8H2,1-4H3;/q-1;;/b;12-9-;. The summed E-state index contributed by atoms with van der Waals surface area (Å²) in [5.74, 6) is 0.547. The maximum atomic E-state index is 11.7. The fourth-order valence-corrected chi connectivity index (χ4v) is 15.4. The quantitative estimate of drug-likeness (QED) is 0.0705. The third kappa shape index (κ3) is 9.48. The molecule has 0 spiro atoms. The van der Waals surface area contributed by atoms with Crippen molar-refractivity contribution >= 4 is 63.9 Å². The summed E-state index contributed by atoms with van der Waals surface area (Å²) in [6, 6.07) is 14.8. The molecule has 4 aromatic rings. The molecule has 0 amide bonds. The normalized spacial score (nSPS) is 14.7. The number of ketones is 1. The van der Waals surface area contributed by atoms with Crippen LogP contribution in [0, 0.1) is 24.8 Å². The van der Waals surface area contributed by atoms with Crippen molar-refractivity contribution in [3.8, 4) is 11.3 Å². The van der Waals surface area contributed by atoms with E-state index in [9.17, 15) is 9.90 Å². The first kappa shape index (κ1) is 41.5. The Balaban J connectivity index is 0.000000347. The Bertz CT molecular complexity index is 1730. The van der Waals surface area contributed by atoms with Crippen molar-refractivity contribution < 1.29 is 30.0 Å². The third-order valence-corrected chi connectivity index (χ3v) is 20.0. The molecule has 0 unspecified atom stereocenters. The van der Waals surface area contributed by atoms with Gasteiger partial charge in [0, 0.05) is 48.4 Å². The van der Waals surface area contributed by atoms with E-state index < -0.39 is 16.1 Å². The van der Waals surface area contributed by atoms with Crippen molar-refractivity contribution in [1.29, 1.82) is 0 Å². The van der Waals surface area contributed by atoms with Crippen molar-refractivity contribution in [3.05, 3.63) is 60.1 Å². The summed E-state index contributed by atoms with van der Waals surface area (Å²) in [6.45, 7) is 22.9. The summed E-state index contributed by atoms with van der Waals surface area (Å²) in [4.78, 5) is 21.4. The number of carbonyl (C=O) groups excluding carboxylic acids is 1. The Morgan fingerprint density at radius 3 is 2.16 bits per heavy atom. The zero-order chi connectivity index (χ0) is 35.2. The van der Waals surface area contributed by atoms with Crippen LogP contribution >= 0.6 is 11.3 Å². The van der Waals surface area contributed by atoms with E-state index in [1.54, 1.807) is 10.8 Å². The van der Waals surface area contributed by atoms with Crippen molar-refractivity contribution in [3.63, 3.8) is 0 Å². The summed E-state index contributed by atoms with van der Waals surface area (Å²) < 4.78 is 2.90. The number of carbonyl (C=O) groups is 1. The monoisotopic (exact) mass is 892 g/mol. The first-order valence-corrected chi connectivity index (χ1v) is 25.8. The van der Waals surface area contributed by atoms with Crippen molar-refractivity contribution in [2.75, 3.05) is 0 Å². The zero-order valence-corrected chi connectivity index (χ0v) is 36.8. The Labute approximate surface area is 316 Å². The summed E-state index contributed by atoms with van der Waals surface area (Å²) in [5, 5.41) is 13.8. The number of benzene rings is 2. The second-order valence-corrected chi connectivity index (χ2v) is 26.6. The largest absolute Gasteiger partial charge is 0.512 e. The Morgan fingerprint density at radius 1 is 0.959 bits per heavy atom. The first-order chi connectivity index (χ1) is 22.8. The van der Waals surface area contributed by atoms with Gasteiger partial charge in [0.15, 0.2) is 5.78 Å². The van der Waals surface area contributed by atoms with E-state index >= 15 is 0 Å². The molecular weight excluding hydrogens is 833 g/mol. The van der Waals surface area contributed by atoms with Gasteiger partial charge in [-0.25, -0.2) is 4.98 Å². The Hall–Kier alpha value is -1.97. The number of hydrogen-bond acceptors (Lipinski definition) is 5. The number of nitrogens with zero attached hydrogens (tertiary/aromatic N) is 2. The summed E-state index contributed by atoms with van der Waals surface area (Å²) >= 11 is 1.99. The zero-order valence-electron chi connectivity index (χ0n) is 31.6. The van der Waals surface area contributed by atoms with Crippen molar-refractivity contribution in [2.24, 2.45) is 11.8 Å². The number of allylic oxidation sites excluding steroid dienone is 2. The molecule has 2 heterocycles. The number of aliphatic hydroxyl groups is 1. The predicted molar refractivity (Wildman–Crippen MR) is 215 cm³/mol. The van der Waals surface area contributed by atoms with Gasteiger partial charge in [0.25, 0.3) is 0 Å². The van der Waals surface area contributed by atoms with E-state index in [2.05, 4.69) is 76.1 Å². The van der Waals surface area contributed by atoms with Crippen LogP contribution in [0.4, 0.5) is 0 Å². The summed E-state index contributed by atoms with van der Waals surface area (Å²) in [6.07, 6.45) is 13.7. The number of thiophene rings is 1. The van der Waals surface area contributed by atoms with Crippen molar-refractivity contribution in [1.82, 2.24) is 9.97 Å². The summed E-state index contributed by atoms with van der Waals surface area (Å²) in [7, 11) is -3.11. The molecule has 8 heteroatoms. The minimum absolute atomic E-state index is 0. The van der Waals surface area contributed by atoms with Gasteiger partial charge >= 0.3 is 0 Å². The molecule has 1 fully saturated rings. The third-order valence-electron chi connectivity index (χ3n) is 10.8. The molecule has 4 nitrogen and oxygen atoms in total. The van der Waals surface area contributed by atoms with E-state index in [0.29, 0.717) is 0 Å². The molecule has 1 N–H and O–H groups in total. The smallest absolute Gasteiger partial charge is 0.162 e. The van der Waals surface area contributed by atoms with E-state index in [0.717, 1.165) is 48.0 Å². The second-order valence-electron chi connectivity index (χ2n) is 15.4. The molecule has 1 radical (unpaired) electrons. The molecular formula is C41H59IrN2O2SSi2-. The number of hydrogen-bond donors (Lipinski definition) is 1. The number of fused-ring (bicyclic) bond motifs is 2. The van der Waals surface area contributed by atoms with Crippen LogP contribution in [-0.4, -0.2) is 37.0 Å². The molecule has 269 valence electrons. The van der Waals surface area contributed by atoms with Crippen LogP contribution in [0.3, 0.4) is 0 Å². The molecule has 0 aliphatic heterocycles. The second kappa shape index (κ2) is 18.0. The van der Waals surface area contributed by atoms with E-state index in [1.165, 1.54) is 64.4 Å². The SMILES string of the molecule is CCC(CC)C(=O)/C=C(\O)C(CC)CC.Cc1c([Si](C)(C)C2CCCCC2)sc2c(-c3[c-]c4ccccc4c([Si](C)(C)C)c3)ncnc12.[Ir]. The van der Waals surface area contributed by atoms with Crippen LogP contribution in [0.15, 0.2) is 48.5 Å². The van der Waals surface area contributed by atoms with Crippen LogP contribution in [0.5, 0.6) is 0 Å². The predicted octanol–water partition coefficient (Wildman–Crippen LogP) is 11.3. The minimum atomic E-state index is -1.57. The van der Waals surface area contributed by atoms with Gasteiger partial charge in [-0.2, -0.15) is 0 Å². The van der Waals surface area contributed by atoms with E-state index in [1.807, 2.05) is 39.0 Å². The number of rotatable bonds is 11. The van der Waals surface area contributed by atoms with Crippen LogP contribution in [0.25, 0.3) is 32.2 Å². The van der Waals surface area contributed by atoms with Crippen LogP contribution in [0.2, 0.25) is 38.3 Å². The van der Waals surface area contributed by atoms with Gasteiger partial charge in [-0.05, 0) is 48.2 Å². The molecule has 49 heavy (non-hydrogen) atoms. The minimum Gasteiger partial charge on any atom is -0.512 e. The van der Waals surface area contributed by atoms with E-state index in [4.69, 9.17) is 9.97 Å². The van der Waals surface area contributed by atoms with Gasteiger partial charge in [-0.1, -0.05) is 122 Å². The van der Waals surface area contributed by atoms with Gasteiger partial charge in [-0.3, -0.25) is 9.78 Å². The number of aryl methyl sites for hydroxylation is 1. The maximum absolute atomic E-state index is 11.7. The fourth-order valence-electron chi connectivity index (χ4n) is 7.60. The molecule has 5 rings (SSSR count). The Kier molecular flexibility index (Phi) is 15.2. The van der Waals surface area contributed by atoms with E-state index in [-0.39, 0.29) is 43.5 Å². The molecule has 2 aromatic carbocycles. The van der Waals surface area contributed by atoms with Crippen LogP contribution in [-0.2, 0) is 24.9 Å². The average molecular weight is 892 g/mol. The first-order valence-electron chi connectivity index (χ1n) is 18.4. The fraction of sp³-hybridized carbons (Fsp3) is 0.537. The average Bonchev–Trinajstić information content (AvgIpc) is 3.42.